The predicted molar refractivity (Wildman–Crippen MR) is 178 cm³/mol. The summed E-state index contributed by atoms with van der Waals surface area (Å²) in [6.45, 7) is 0.844. The number of benzene rings is 2. The first-order valence-electron chi connectivity index (χ1n) is 14.8. The Morgan fingerprint density at radius 2 is 1.39 bits per heavy atom. The summed E-state index contributed by atoms with van der Waals surface area (Å²) in [7, 11) is 1.57. The zero-order valence-electron chi connectivity index (χ0n) is 27.3. The van der Waals surface area contributed by atoms with Gasteiger partial charge in [-0.25, -0.2) is 8.42 Å². The Labute approximate surface area is 281 Å². The molecule has 15 heteroatoms. The van der Waals surface area contributed by atoms with Gasteiger partial charge >= 0.3 is 12.1 Å². The van der Waals surface area contributed by atoms with E-state index in [9.17, 15) is 40.8 Å². The van der Waals surface area contributed by atoms with Gasteiger partial charge in [0.05, 0.1) is 10.6 Å². The predicted octanol–water partition coefficient (Wildman–Crippen LogP) is 4.63. The van der Waals surface area contributed by atoms with Gasteiger partial charge in [-0.2, -0.15) is 13.2 Å². The summed E-state index contributed by atoms with van der Waals surface area (Å²) in [5.41, 5.74) is 1.26. The number of aryl methyl sites for hydroxylation is 1. The number of nitrogens with zero attached hydrogens (tertiary/aromatic N) is 3. The molecular weight excluding hydrogens is 663 g/mol. The molecule has 0 aromatic heterocycles. The topological polar surface area (TPSA) is 136 Å². The minimum Gasteiger partial charge on any atom is -0.350 e. The number of hydrogen-bond acceptors (Lipinski definition) is 6. The molecule has 2 aliphatic rings. The Balaban J connectivity index is 1.68. The molecule has 258 valence electrons. The zero-order chi connectivity index (χ0) is 36.3. The lowest BCUT2D eigenvalue weighted by Crippen LogP contribution is -2.45. The van der Waals surface area contributed by atoms with E-state index in [1.54, 1.807) is 39.2 Å². The first-order chi connectivity index (χ1) is 22.9. The number of alkyl halides is 3. The normalized spacial score (nSPS) is 11.5. The third-order valence-electron chi connectivity index (χ3n) is 7.36. The quantitative estimate of drug-likeness (QED) is 0.248. The van der Waals surface area contributed by atoms with Crippen LogP contribution in [0.15, 0.2) is 83.8 Å². The molecule has 49 heavy (non-hydrogen) atoms. The Hall–Kier alpha value is -5.44. The van der Waals surface area contributed by atoms with Crippen molar-refractivity contribution in [1.82, 2.24) is 15.1 Å². The average molecular weight is 698 g/mol. The summed E-state index contributed by atoms with van der Waals surface area (Å²) >= 11 is 0. The molecule has 2 N–H and O–H groups in total. The monoisotopic (exact) mass is 697 g/mol. The van der Waals surface area contributed by atoms with Crippen molar-refractivity contribution < 1.29 is 40.8 Å². The fourth-order valence-electron chi connectivity index (χ4n) is 4.98. The van der Waals surface area contributed by atoms with Crippen LogP contribution in [0.2, 0.25) is 0 Å². The van der Waals surface area contributed by atoms with Gasteiger partial charge in [-0.3, -0.25) is 23.9 Å². The number of anilines is 2. The number of hydrogen-bond donors (Lipinski definition) is 2. The van der Waals surface area contributed by atoms with Crippen LogP contribution in [-0.4, -0.2) is 89.3 Å². The number of sulfonamides is 1. The smallest absolute Gasteiger partial charge is 0.350 e. The Bertz CT molecular complexity index is 2000. The number of fused-ring (bicyclic) bond motifs is 1. The van der Waals surface area contributed by atoms with Crippen molar-refractivity contribution in [2.45, 2.75) is 18.0 Å². The summed E-state index contributed by atoms with van der Waals surface area (Å²) < 4.78 is 70.9. The Morgan fingerprint density at radius 1 is 0.755 bits per heavy atom. The lowest BCUT2D eigenvalue weighted by atomic mass is 10.1. The molecule has 0 heterocycles. The van der Waals surface area contributed by atoms with Crippen molar-refractivity contribution in [3.8, 4) is 11.1 Å². The van der Waals surface area contributed by atoms with Gasteiger partial charge in [0.1, 0.15) is 0 Å². The van der Waals surface area contributed by atoms with Gasteiger partial charge < -0.3 is 20.0 Å². The molecule has 0 radical (unpaired) electrons. The van der Waals surface area contributed by atoms with E-state index in [1.165, 1.54) is 78.5 Å². The molecule has 0 saturated carbocycles. The number of rotatable bonds is 10. The third kappa shape index (κ3) is 8.35. The van der Waals surface area contributed by atoms with Crippen molar-refractivity contribution in [2.24, 2.45) is 0 Å². The molecule has 0 spiro atoms. The number of carbonyl (C=O) groups excluding carboxylic acids is 4. The van der Waals surface area contributed by atoms with Crippen LogP contribution in [0.4, 0.5) is 24.5 Å². The number of nitrogens with one attached hydrogen (secondary N) is 2. The van der Waals surface area contributed by atoms with Crippen LogP contribution in [0.25, 0.3) is 11.1 Å². The third-order valence-corrected chi connectivity index (χ3v) is 8.78. The van der Waals surface area contributed by atoms with E-state index in [1.807, 2.05) is 0 Å². The zero-order valence-corrected chi connectivity index (χ0v) is 28.1. The largest absolute Gasteiger partial charge is 0.471 e. The lowest BCUT2D eigenvalue weighted by Gasteiger charge is -2.24. The maximum absolute atomic E-state index is 13.8. The van der Waals surface area contributed by atoms with E-state index in [-0.39, 0.29) is 56.5 Å². The summed E-state index contributed by atoms with van der Waals surface area (Å²) in [6, 6.07) is 18.3. The molecule has 0 unspecified atom stereocenters. The molecule has 0 atom stereocenters. The second kappa shape index (κ2) is 14.4. The van der Waals surface area contributed by atoms with E-state index in [0.29, 0.717) is 4.90 Å². The molecule has 4 amide bonds. The van der Waals surface area contributed by atoms with Crippen LogP contribution >= 0.6 is 0 Å². The maximum atomic E-state index is 13.8. The molecule has 0 fully saturated rings. The van der Waals surface area contributed by atoms with Gasteiger partial charge in [0.15, 0.2) is 0 Å². The second-order valence-electron chi connectivity index (χ2n) is 11.5. The van der Waals surface area contributed by atoms with Crippen LogP contribution in [-0.2, 0) is 14.8 Å². The van der Waals surface area contributed by atoms with E-state index in [2.05, 4.69) is 10.0 Å². The summed E-state index contributed by atoms with van der Waals surface area (Å²) in [5, 5.41) is 2.50. The molecule has 2 aliphatic carbocycles. The SMILES string of the molecule is Cc1cccc(C(=O)NCCN(C(=O)C(F)(F)F)c2cccc(NS(=O)(=O)c3cc(C(=O)N(C)C)c4ccc(C(=O)N(C)C)ccc3-4)c2)c1. The average Bonchev–Trinajstić information content (AvgIpc) is 3.27. The molecule has 0 bridgehead atoms. The molecule has 0 aliphatic heterocycles. The molecular formula is C34H34F3N5O6S. The van der Waals surface area contributed by atoms with Crippen LogP contribution in [0.5, 0.6) is 0 Å². The summed E-state index contributed by atoms with van der Waals surface area (Å²) in [5.74, 6) is -3.63. The van der Waals surface area contributed by atoms with Gasteiger partial charge in [0, 0.05) is 69.2 Å². The number of halogens is 3. The molecule has 0 saturated heterocycles. The van der Waals surface area contributed by atoms with Crippen molar-refractivity contribution in [2.75, 3.05) is 50.9 Å². The van der Waals surface area contributed by atoms with E-state index >= 15 is 0 Å². The number of carbonyl (C=O) groups is 4. The Kier molecular flexibility index (Phi) is 10.7. The second-order valence-corrected chi connectivity index (χ2v) is 13.2. The van der Waals surface area contributed by atoms with E-state index in [0.717, 1.165) is 11.6 Å². The molecule has 11 nitrogen and oxygen atoms in total. The molecule has 2 aromatic carbocycles. The first kappa shape index (κ1) is 36.4. The minimum atomic E-state index is -5.28. The fourth-order valence-corrected chi connectivity index (χ4v) is 6.26. The maximum Gasteiger partial charge on any atom is 0.471 e. The van der Waals surface area contributed by atoms with Crippen molar-refractivity contribution in [1.29, 1.82) is 0 Å². The minimum absolute atomic E-state index is 0.0447. The van der Waals surface area contributed by atoms with E-state index in [4.69, 9.17) is 0 Å². The highest BCUT2D eigenvalue weighted by Crippen LogP contribution is 2.37. The standard InChI is InChI=1S/C34H34F3N5O6S/c1-21-8-6-9-23(18-21)30(43)38-16-17-42(33(46)34(35,36)37)25-11-7-10-24(19-25)39-49(47,48)29-20-28(32(45)41(4)5)26-14-12-22(13-15-27(26)29)31(44)40(2)3/h6-15,18-20,39H,16-17H2,1-5H3,(H,38,43). The first-order valence-corrected chi connectivity index (χ1v) is 16.3. The lowest BCUT2D eigenvalue weighted by molar-refractivity contribution is -0.170. The van der Waals surface area contributed by atoms with Crippen LogP contribution < -0.4 is 14.9 Å². The highest BCUT2D eigenvalue weighted by atomic mass is 32.2. The van der Waals surface area contributed by atoms with Gasteiger partial charge in [-0.1, -0.05) is 35.9 Å². The summed E-state index contributed by atoms with van der Waals surface area (Å²) in [4.78, 5) is 53.4. The fraction of sp³-hybridized carbons (Fsp3) is 0.235. The van der Waals surface area contributed by atoms with Crippen molar-refractivity contribution in [3.63, 3.8) is 0 Å². The van der Waals surface area contributed by atoms with Crippen LogP contribution in [0, 0.1) is 6.92 Å². The summed E-state index contributed by atoms with van der Waals surface area (Å²) in [6.07, 6.45) is -5.28. The molecule has 2 aromatic rings. The van der Waals surface area contributed by atoms with E-state index < -0.39 is 40.5 Å². The highest BCUT2D eigenvalue weighted by molar-refractivity contribution is 7.92. The van der Waals surface area contributed by atoms with Gasteiger partial charge in [0.2, 0.25) is 0 Å². The van der Waals surface area contributed by atoms with Crippen molar-refractivity contribution in [3.05, 3.63) is 101 Å². The highest BCUT2D eigenvalue weighted by Gasteiger charge is 2.43. The van der Waals surface area contributed by atoms with Crippen LogP contribution in [0.3, 0.4) is 0 Å². The molecule has 4 rings (SSSR count). The van der Waals surface area contributed by atoms with Gasteiger partial charge in [-0.15, -0.1) is 0 Å². The Morgan fingerprint density at radius 3 is 2.00 bits per heavy atom. The number of amides is 4. The van der Waals surface area contributed by atoms with Gasteiger partial charge in [-0.05, 0) is 61.0 Å². The van der Waals surface area contributed by atoms with Crippen LogP contribution in [0.1, 0.15) is 36.6 Å². The van der Waals surface area contributed by atoms with Gasteiger partial charge in [0.25, 0.3) is 27.7 Å². The van der Waals surface area contributed by atoms with Crippen molar-refractivity contribution >= 4 is 45.0 Å².